The van der Waals surface area contributed by atoms with Crippen molar-refractivity contribution in [3.8, 4) is 0 Å². The van der Waals surface area contributed by atoms with Gasteiger partial charge in [-0.15, -0.1) is 0 Å². The summed E-state index contributed by atoms with van der Waals surface area (Å²) in [7, 11) is 0. The molecule has 1 saturated heterocycles. The third-order valence-electron chi connectivity index (χ3n) is 2.66. The molecule has 0 spiro atoms. The van der Waals surface area contributed by atoms with Crippen LogP contribution in [0.2, 0.25) is 0 Å². The van der Waals surface area contributed by atoms with Gasteiger partial charge >= 0.3 is 0 Å². The van der Waals surface area contributed by atoms with Gasteiger partial charge < -0.3 is 20.1 Å². The lowest BCUT2D eigenvalue weighted by atomic mass is 10.1. The van der Waals surface area contributed by atoms with Gasteiger partial charge in [0.25, 0.3) is 0 Å². The molecule has 100 valence electrons. The molecular weight excluding hydrogens is 220 g/mol. The first-order valence-electron chi connectivity index (χ1n) is 6.08. The minimum absolute atomic E-state index is 0.00822. The highest BCUT2D eigenvalue weighted by molar-refractivity contribution is 5.77. The van der Waals surface area contributed by atoms with Gasteiger partial charge in [-0.3, -0.25) is 4.79 Å². The Balaban J connectivity index is 2.41. The van der Waals surface area contributed by atoms with Crippen LogP contribution in [0.1, 0.15) is 27.7 Å². The molecule has 1 aliphatic rings. The second-order valence-electron chi connectivity index (χ2n) is 5.51. The molecule has 5 nitrogen and oxygen atoms in total. The molecule has 1 rings (SSSR count). The largest absolute Gasteiger partial charge is 0.373 e. The average molecular weight is 244 g/mol. The van der Waals surface area contributed by atoms with E-state index >= 15 is 0 Å². The Morgan fingerprint density at radius 2 is 2.24 bits per heavy atom. The van der Waals surface area contributed by atoms with Crippen molar-refractivity contribution in [2.45, 2.75) is 45.4 Å². The van der Waals surface area contributed by atoms with Crippen LogP contribution in [0, 0.1) is 0 Å². The SMILES string of the molecule is CC(N)C1CN(C(=O)COC(C)(C)C)CCO1. The average Bonchev–Trinajstić information content (AvgIpc) is 2.25. The molecule has 0 aliphatic carbocycles. The topological polar surface area (TPSA) is 64.8 Å². The number of ether oxygens (including phenoxy) is 2. The standard InChI is InChI=1S/C12H24N2O3/c1-9(13)10-7-14(5-6-16-10)11(15)8-17-12(2,3)4/h9-10H,5-8,13H2,1-4H3. The molecule has 1 fully saturated rings. The van der Waals surface area contributed by atoms with Crippen LogP contribution in [0.3, 0.4) is 0 Å². The minimum Gasteiger partial charge on any atom is -0.373 e. The Bertz CT molecular complexity index is 261. The monoisotopic (exact) mass is 244 g/mol. The first-order valence-corrected chi connectivity index (χ1v) is 6.08. The van der Waals surface area contributed by atoms with Crippen LogP contribution in [-0.4, -0.2) is 54.9 Å². The summed E-state index contributed by atoms with van der Waals surface area (Å²) < 4.78 is 11.0. The lowest BCUT2D eigenvalue weighted by Gasteiger charge is -2.35. The van der Waals surface area contributed by atoms with E-state index in [-0.39, 0.29) is 30.3 Å². The first-order chi connectivity index (χ1) is 7.79. The lowest BCUT2D eigenvalue weighted by molar-refractivity contribution is -0.148. The number of morpholine rings is 1. The van der Waals surface area contributed by atoms with Crippen molar-refractivity contribution >= 4 is 5.91 Å². The number of rotatable bonds is 3. The summed E-state index contributed by atoms with van der Waals surface area (Å²) in [5.74, 6) is 0.00822. The Morgan fingerprint density at radius 3 is 2.76 bits per heavy atom. The molecule has 17 heavy (non-hydrogen) atoms. The van der Waals surface area contributed by atoms with Gasteiger partial charge in [-0.05, 0) is 27.7 Å². The summed E-state index contributed by atoms with van der Waals surface area (Å²) in [4.78, 5) is 13.7. The fraction of sp³-hybridized carbons (Fsp3) is 0.917. The van der Waals surface area contributed by atoms with E-state index in [1.54, 1.807) is 4.90 Å². The molecule has 1 amide bonds. The van der Waals surface area contributed by atoms with Crippen molar-refractivity contribution in [3.05, 3.63) is 0 Å². The molecule has 1 aliphatic heterocycles. The lowest BCUT2D eigenvalue weighted by Crippen LogP contribution is -2.52. The van der Waals surface area contributed by atoms with E-state index in [0.717, 1.165) is 0 Å². The van der Waals surface area contributed by atoms with Gasteiger partial charge in [0.05, 0.1) is 18.3 Å². The van der Waals surface area contributed by atoms with Crippen LogP contribution in [-0.2, 0) is 14.3 Å². The Kier molecular flexibility index (Phi) is 4.91. The summed E-state index contributed by atoms with van der Waals surface area (Å²) in [5, 5.41) is 0. The summed E-state index contributed by atoms with van der Waals surface area (Å²) >= 11 is 0. The Labute approximate surface area is 103 Å². The molecule has 0 bridgehead atoms. The van der Waals surface area contributed by atoms with Crippen LogP contribution in [0.5, 0.6) is 0 Å². The Hall–Kier alpha value is -0.650. The van der Waals surface area contributed by atoms with Gasteiger partial charge in [-0.1, -0.05) is 0 Å². The maximum absolute atomic E-state index is 11.9. The van der Waals surface area contributed by atoms with Crippen molar-refractivity contribution in [2.24, 2.45) is 5.73 Å². The van der Waals surface area contributed by atoms with Crippen molar-refractivity contribution < 1.29 is 14.3 Å². The third-order valence-corrected chi connectivity index (χ3v) is 2.66. The van der Waals surface area contributed by atoms with Gasteiger partial charge in [0.15, 0.2) is 0 Å². The number of nitrogens with zero attached hydrogens (tertiary/aromatic N) is 1. The normalized spacial score (nSPS) is 23.6. The van der Waals surface area contributed by atoms with Gasteiger partial charge in [-0.25, -0.2) is 0 Å². The van der Waals surface area contributed by atoms with E-state index in [1.807, 2.05) is 27.7 Å². The quantitative estimate of drug-likeness (QED) is 0.779. The predicted octanol–water partition coefficient (Wildman–Crippen LogP) is 0.376. The molecular formula is C12H24N2O3. The molecule has 1 heterocycles. The highest BCUT2D eigenvalue weighted by Crippen LogP contribution is 2.10. The number of amides is 1. The van der Waals surface area contributed by atoms with E-state index in [2.05, 4.69) is 0 Å². The minimum atomic E-state index is -0.289. The number of carbonyl (C=O) groups is 1. The molecule has 0 aromatic heterocycles. The van der Waals surface area contributed by atoms with E-state index < -0.39 is 0 Å². The predicted molar refractivity (Wildman–Crippen MR) is 65.7 cm³/mol. The molecule has 5 heteroatoms. The van der Waals surface area contributed by atoms with Crippen molar-refractivity contribution in [3.63, 3.8) is 0 Å². The summed E-state index contributed by atoms with van der Waals surface area (Å²) in [6, 6.07) is -0.0610. The highest BCUT2D eigenvalue weighted by atomic mass is 16.5. The fourth-order valence-corrected chi connectivity index (χ4v) is 1.59. The highest BCUT2D eigenvalue weighted by Gasteiger charge is 2.27. The van der Waals surface area contributed by atoms with E-state index in [1.165, 1.54) is 0 Å². The van der Waals surface area contributed by atoms with Crippen LogP contribution >= 0.6 is 0 Å². The summed E-state index contributed by atoms with van der Waals surface area (Å²) in [6.45, 7) is 9.55. The number of hydrogen-bond donors (Lipinski definition) is 1. The van der Waals surface area contributed by atoms with Crippen molar-refractivity contribution in [2.75, 3.05) is 26.3 Å². The maximum atomic E-state index is 11.9. The number of carbonyl (C=O) groups excluding carboxylic acids is 1. The van der Waals surface area contributed by atoms with Crippen LogP contribution in [0.25, 0.3) is 0 Å². The third kappa shape index (κ3) is 5.02. The molecule has 0 aromatic carbocycles. The fourth-order valence-electron chi connectivity index (χ4n) is 1.59. The second kappa shape index (κ2) is 5.80. The summed E-state index contributed by atoms with van der Waals surface area (Å²) in [6.07, 6.45) is -0.0673. The molecule has 0 saturated carbocycles. The first kappa shape index (κ1) is 14.4. The van der Waals surface area contributed by atoms with Crippen LogP contribution < -0.4 is 5.73 Å². The van der Waals surface area contributed by atoms with Gasteiger partial charge in [0, 0.05) is 19.1 Å². The molecule has 2 atom stereocenters. The molecule has 0 radical (unpaired) electrons. The number of hydrogen-bond acceptors (Lipinski definition) is 4. The van der Waals surface area contributed by atoms with E-state index in [4.69, 9.17) is 15.2 Å². The summed E-state index contributed by atoms with van der Waals surface area (Å²) in [5.41, 5.74) is 5.49. The zero-order chi connectivity index (χ0) is 13.1. The maximum Gasteiger partial charge on any atom is 0.248 e. The van der Waals surface area contributed by atoms with Gasteiger partial charge in [-0.2, -0.15) is 0 Å². The number of nitrogens with two attached hydrogens (primary N) is 1. The van der Waals surface area contributed by atoms with Crippen molar-refractivity contribution in [1.29, 1.82) is 0 Å². The van der Waals surface area contributed by atoms with Crippen LogP contribution in [0.15, 0.2) is 0 Å². The van der Waals surface area contributed by atoms with E-state index in [0.29, 0.717) is 19.7 Å². The molecule has 2 unspecified atom stereocenters. The zero-order valence-corrected chi connectivity index (χ0v) is 11.2. The zero-order valence-electron chi connectivity index (χ0n) is 11.2. The van der Waals surface area contributed by atoms with Gasteiger partial charge in [0.1, 0.15) is 6.61 Å². The smallest absolute Gasteiger partial charge is 0.248 e. The van der Waals surface area contributed by atoms with Gasteiger partial charge in [0.2, 0.25) is 5.91 Å². The Morgan fingerprint density at radius 1 is 1.59 bits per heavy atom. The van der Waals surface area contributed by atoms with Crippen molar-refractivity contribution in [1.82, 2.24) is 4.90 Å². The second-order valence-corrected chi connectivity index (χ2v) is 5.51. The molecule has 0 aromatic rings. The van der Waals surface area contributed by atoms with Crippen LogP contribution in [0.4, 0.5) is 0 Å². The molecule has 2 N–H and O–H groups in total. The van der Waals surface area contributed by atoms with E-state index in [9.17, 15) is 4.79 Å².